The largest absolute Gasteiger partial charge is 0.460 e. The number of carbonyl (C=O) groups excluding carboxylic acids is 2. The maximum absolute atomic E-state index is 13.0. The van der Waals surface area contributed by atoms with E-state index in [1.54, 1.807) is 39.0 Å². The minimum atomic E-state index is -0.542. The van der Waals surface area contributed by atoms with Crippen molar-refractivity contribution < 1.29 is 24.0 Å². The Hall–Kier alpha value is -3.99. The minimum absolute atomic E-state index is 0.0504. The third kappa shape index (κ3) is 4.67. The molecule has 0 bridgehead atoms. The summed E-state index contributed by atoms with van der Waals surface area (Å²) in [7, 11) is 1.51. The van der Waals surface area contributed by atoms with Crippen LogP contribution in [-0.2, 0) is 9.47 Å². The van der Waals surface area contributed by atoms with Crippen molar-refractivity contribution in [3.8, 4) is 5.69 Å². The number of hydrogen-bond donors (Lipinski definition) is 2. The highest BCUT2D eigenvalue weighted by atomic mass is 16.6. The number of nitro benzene ring substituents is 1. The molecule has 0 aliphatic rings. The molecule has 0 aliphatic carbocycles. The number of hydrogen-bond acceptors (Lipinski definition) is 7. The number of aromatic amines is 1. The normalized spacial score (nSPS) is 10.8. The lowest BCUT2D eigenvalue weighted by Gasteiger charge is -2.09. The van der Waals surface area contributed by atoms with Gasteiger partial charge in [-0.1, -0.05) is 0 Å². The van der Waals surface area contributed by atoms with Gasteiger partial charge in [-0.05, 0) is 38.5 Å². The zero-order chi connectivity index (χ0) is 23.4. The van der Waals surface area contributed by atoms with Crippen LogP contribution < -0.4 is 5.32 Å². The van der Waals surface area contributed by atoms with E-state index < -0.39 is 16.8 Å². The summed E-state index contributed by atoms with van der Waals surface area (Å²) < 4.78 is 11.5. The van der Waals surface area contributed by atoms with Crippen LogP contribution in [0, 0.1) is 30.9 Å². The van der Waals surface area contributed by atoms with E-state index in [-0.39, 0.29) is 24.6 Å². The second-order valence-corrected chi connectivity index (χ2v) is 7.06. The van der Waals surface area contributed by atoms with Crippen LogP contribution in [0.2, 0.25) is 0 Å². The fourth-order valence-electron chi connectivity index (χ4n) is 3.25. The van der Waals surface area contributed by atoms with Crippen LogP contribution in [0.25, 0.3) is 5.69 Å². The lowest BCUT2D eigenvalue weighted by Crippen LogP contribution is -2.17. The van der Waals surface area contributed by atoms with Crippen molar-refractivity contribution in [1.29, 1.82) is 0 Å². The number of methoxy groups -OCH3 is 1. The zero-order valence-corrected chi connectivity index (χ0v) is 18.1. The van der Waals surface area contributed by atoms with Gasteiger partial charge in [-0.25, -0.2) is 9.48 Å². The van der Waals surface area contributed by atoms with E-state index in [0.717, 1.165) is 0 Å². The maximum Gasteiger partial charge on any atom is 0.340 e. The summed E-state index contributed by atoms with van der Waals surface area (Å²) in [6, 6.07) is 7.47. The van der Waals surface area contributed by atoms with Crippen LogP contribution in [0.1, 0.15) is 37.8 Å². The molecule has 0 unspecified atom stereocenters. The van der Waals surface area contributed by atoms with Crippen molar-refractivity contribution in [3.05, 3.63) is 68.7 Å². The van der Waals surface area contributed by atoms with Crippen LogP contribution >= 0.6 is 0 Å². The Kier molecular flexibility index (Phi) is 6.69. The number of aromatic nitrogens is 3. The average Bonchev–Trinajstić information content (AvgIpc) is 3.26. The van der Waals surface area contributed by atoms with Gasteiger partial charge in [-0.2, -0.15) is 5.10 Å². The summed E-state index contributed by atoms with van der Waals surface area (Å²) in [6.07, 6.45) is 0. The Morgan fingerprint density at radius 3 is 2.50 bits per heavy atom. The van der Waals surface area contributed by atoms with Crippen molar-refractivity contribution in [2.24, 2.45) is 0 Å². The summed E-state index contributed by atoms with van der Waals surface area (Å²) in [5.74, 6) is -0.638. The molecule has 0 fully saturated rings. The molecule has 2 aromatic heterocycles. The molecule has 0 aliphatic heterocycles. The molecule has 0 saturated carbocycles. The standard InChI is InChI=1S/C21H23N5O6/c1-12-11-17(25(24-12)15-5-7-16(8-6-15)26(29)30)23-20(27)19-13(2)18(14(3)22-19)21(28)32-10-9-31-4/h5-8,11,22H,9-10H2,1-4H3,(H,23,27). The lowest BCUT2D eigenvalue weighted by atomic mass is 10.1. The number of non-ortho nitro benzene ring substituents is 1. The van der Waals surface area contributed by atoms with Gasteiger partial charge in [0.1, 0.15) is 18.1 Å². The molecule has 3 aromatic rings. The number of amides is 1. The number of benzene rings is 1. The zero-order valence-electron chi connectivity index (χ0n) is 18.1. The van der Waals surface area contributed by atoms with Crippen LogP contribution in [0.3, 0.4) is 0 Å². The monoisotopic (exact) mass is 441 g/mol. The first-order chi connectivity index (χ1) is 15.2. The number of anilines is 1. The number of nitrogens with zero attached hydrogens (tertiary/aromatic N) is 3. The Morgan fingerprint density at radius 1 is 1.19 bits per heavy atom. The first kappa shape index (κ1) is 22.7. The summed E-state index contributed by atoms with van der Waals surface area (Å²) in [6.45, 7) is 5.48. The molecule has 11 heteroatoms. The van der Waals surface area contributed by atoms with Gasteiger partial charge in [0, 0.05) is 31.0 Å². The first-order valence-corrected chi connectivity index (χ1v) is 9.71. The molecule has 11 nitrogen and oxygen atoms in total. The van der Waals surface area contributed by atoms with Crippen LogP contribution in [0.5, 0.6) is 0 Å². The third-order valence-corrected chi connectivity index (χ3v) is 4.77. The Morgan fingerprint density at radius 2 is 1.88 bits per heavy atom. The summed E-state index contributed by atoms with van der Waals surface area (Å²) in [4.78, 5) is 38.7. The van der Waals surface area contributed by atoms with Gasteiger partial charge < -0.3 is 19.8 Å². The molecule has 0 saturated heterocycles. The number of aryl methyl sites for hydroxylation is 2. The molecule has 1 amide bonds. The van der Waals surface area contributed by atoms with Gasteiger partial charge >= 0.3 is 5.97 Å². The number of ether oxygens (including phenoxy) is 2. The van der Waals surface area contributed by atoms with Gasteiger partial charge in [0.25, 0.3) is 11.6 Å². The first-order valence-electron chi connectivity index (χ1n) is 9.71. The average molecular weight is 441 g/mol. The number of esters is 1. The molecule has 0 spiro atoms. The third-order valence-electron chi connectivity index (χ3n) is 4.77. The van der Waals surface area contributed by atoms with Gasteiger partial charge in [-0.15, -0.1) is 0 Å². The summed E-state index contributed by atoms with van der Waals surface area (Å²) >= 11 is 0. The van der Waals surface area contributed by atoms with E-state index in [9.17, 15) is 19.7 Å². The second-order valence-electron chi connectivity index (χ2n) is 7.06. The highest BCUT2D eigenvalue weighted by Gasteiger charge is 2.24. The number of nitro groups is 1. The van der Waals surface area contributed by atoms with Gasteiger partial charge in [0.05, 0.1) is 28.5 Å². The smallest absolute Gasteiger partial charge is 0.340 e. The number of H-pyrrole nitrogens is 1. The van der Waals surface area contributed by atoms with Gasteiger partial charge in [0.2, 0.25) is 0 Å². The topological polar surface area (TPSA) is 141 Å². The van der Waals surface area contributed by atoms with E-state index in [1.807, 2.05) is 0 Å². The van der Waals surface area contributed by atoms with E-state index >= 15 is 0 Å². The molecule has 1 aromatic carbocycles. The fourth-order valence-corrected chi connectivity index (χ4v) is 3.25. The van der Waals surface area contributed by atoms with E-state index in [4.69, 9.17) is 9.47 Å². The van der Waals surface area contributed by atoms with E-state index in [1.165, 1.54) is 23.9 Å². The highest BCUT2D eigenvalue weighted by Crippen LogP contribution is 2.23. The second kappa shape index (κ2) is 9.43. The molecule has 32 heavy (non-hydrogen) atoms. The lowest BCUT2D eigenvalue weighted by molar-refractivity contribution is -0.384. The van der Waals surface area contributed by atoms with Crippen molar-refractivity contribution in [2.45, 2.75) is 20.8 Å². The molecule has 3 rings (SSSR count). The highest BCUT2D eigenvalue weighted by molar-refractivity contribution is 6.06. The number of carbonyl (C=O) groups is 2. The number of nitrogens with one attached hydrogen (secondary N) is 2. The predicted molar refractivity (Wildman–Crippen MR) is 115 cm³/mol. The molecular weight excluding hydrogens is 418 g/mol. The molecular formula is C21H23N5O6. The van der Waals surface area contributed by atoms with Crippen molar-refractivity contribution in [1.82, 2.24) is 14.8 Å². The minimum Gasteiger partial charge on any atom is -0.460 e. The molecule has 0 radical (unpaired) electrons. The van der Waals surface area contributed by atoms with Gasteiger partial charge in [0.15, 0.2) is 0 Å². The van der Waals surface area contributed by atoms with Crippen molar-refractivity contribution in [2.75, 3.05) is 25.6 Å². The summed E-state index contributed by atoms with van der Waals surface area (Å²) in [5.41, 5.74) is 2.61. The van der Waals surface area contributed by atoms with E-state index in [2.05, 4.69) is 15.4 Å². The molecule has 168 valence electrons. The van der Waals surface area contributed by atoms with Crippen molar-refractivity contribution in [3.63, 3.8) is 0 Å². The molecule has 2 heterocycles. The fraction of sp³-hybridized carbons (Fsp3) is 0.286. The quantitative estimate of drug-likeness (QED) is 0.237. The van der Waals surface area contributed by atoms with Crippen LogP contribution in [-0.4, -0.2) is 51.9 Å². The Labute approximate surface area is 183 Å². The van der Waals surface area contributed by atoms with Crippen molar-refractivity contribution >= 4 is 23.4 Å². The maximum atomic E-state index is 13.0. The number of rotatable bonds is 8. The molecule has 2 N–H and O–H groups in total. The Bertz CT molecular complexity index is 1160. The van der Waals surface area contributed by atoms with E-state index in [0.29, 0.717) is 34.0 Å². The predicted octanol–water partition coefficient (Wildman–Crippen LogP) is 3.09. The summed E-state index contributed by atoms with van der Waals surface area (Å²) in [5, 5.41) is 18.0. The van der Waals surface area contributed by atoms with Crippen LogP contribution in [0.4, 0.5) is 11.5 Å². The van der Waals surface area contributed by atoms with Crippen LogP contribution in [0.15, 0.2) is 30.3 Å². The Balaban J connectivity index is 1.85. The molecule has 0 atom stereocenters. The SMILES string of the molecule is COCCOC(=O)c1c(C)[nH]c(C(=O)Nc2cc(C)nn2-c2ccc([N+](=O)[O-])cc2)c1C. The van der Waals surface area contributed by atoms with Gasteiger partial charge in [-0.3, -0.25) is 14.9 Å².